The number of aryl methyl sites for hydroxylation is 1. The zero-order valence-corrected chi connectivity index (χ0v) is 24.5. The Morgan fingerprint density at radius 3 is 2.17 bits per heavy atom. The molecule has 0 N–H and O–H groups in total. The molecule has 0 bridgehead atoms. The van der Waals surface area contributed by atoms with Crippen LogP contribution in [0.3, 0.4) is 0 Å². The second-order valence-corrected chi connectivity index (χ2v) is 12.6. The van der Waals surface area contributed by atoms with E-state index in [-0.39, 0.29) is 34.8 Å². The van der Waals surface area contributed by atoms with E-state index in [4.69, 9.17) is 25.5 Å². The molecule has 6 rings (SSSR count). The van der Waals surface area contributed by atoms with Crippen LogP contribution in [0.2, 0.25) is 5.02 Å². The van der Waals surface area contributed by atoms with Crippen molar-refractivity contribution in [2.45, 2.75) is 26.6 Å². The molecule has 7 nitrogen and oxygen atoms in total. The number of sulfonamides is 1. The van der Waals surface area contributed by atoms with Gasteiger partial charge in [-0.1, -0.05) is 72.3 Å². The fourth-order valence-corrected chi connectivity index (χ4v) is 6.84. The topological polar surface area (TPSA) is 86.1 Å². The molecule has 1 aliphatic rings. The van der Waals surface area contributed by atoms with E-state index in [1.165, 1.54) is 4.31 Å². The number of benzene rings is 4. The normalized spacial score (nSPS) is 14.3. The molecule has 0 radical (unpaired) electrons. The minimum absolute atomic E-state index is 0.0150. The molecule has 42 heavy (non-hydrogen) atoms. The quantitative estimate of drug-likeness (QED) is 0.188. The molecule has 1 aromatic heterocycles. The van der Waals surface area contributed by atoms with Crippen LogP contribution in [0.4, 0.5) is 5.69 Å². The molecule has 0 spiro atoms. The Labute approximate surface area is 248 Å². The summed E-state index contributed by atoms with van der Waals surface area (Å²) in [4.78, 5) is 14.0. The molecule has 0 unspecified atom stereocenters. The molecular weight excluding hydrogens is 574 g/mol. The van der Waals surface area contributed by atoms with Crippen molar-refractivity contribution in [3.05, 3.63) is 123 Å². The number of hydrogen-bond donors (Lipinski definition) is 0. The lowest BCUT2D eigenvalue weighted by Gasteiger charge is -2.20. The molecule has 0 atom stereocenters. The highest BCUT2D eigenvalue weighted by molar-refractivity contribution is 7.93. The second-order valence-electron chi connectivity index (χ2n) is 10.2. The highest BCUT2D eigenvalue weighted by Crippen LogP contribution is 2.40. The maximum absolute atomic E-state index is 14.0. The van der Waals surface area contributed by atoms with Crippen molar-refractivity contribution in [2.75, 3.05) is 16.6 Å². The first-order valence-corrected chi connectivity index (χ1v) is 15.5. The smallest absolute Gasteiger partial charge is 0.235 e. The van der Waals surface area contributed by atoms with Gasteiger partial charge in [0.2, 0.25) is 21.2 Å². The molecule has 1 saturated heterocycles. The van der Waals surface area contributed by atoms with Gasteiger partial charge in [-0.25, -0.2) is 8.42 Å². The number of rotatable bonds is 8. The van der Waals surface area contributed by atoms with Gasteiger partial charge in [0, 0.05) is 12.1 Å². The maximum Gasteiger partial charge on any atom is 0.235 e. The third-order valence-corrected chi connectivity index (χ3v) is 9.25. The van der Waals surface area contributed by atoms with Gasteiger partial charge in [-0.2, -0.15) is 0 Å². The lowest BCUT2D eigenvalue weighted by Crippen LogP contribution is -2.25. The Hall–Kier alpha value is -4.27. The van der Waals surface area contributed by atoms with Crippen LogP contribution in [0.15, 0.2) is 100 Å². The summed E-state index contributed by atoms with van der Waals surface area (Å²) in [5.41, 5.74) is 3.21. The lowest BCUT2D eigenvalue weighted by molar-refractivity contribution is 0.297. The Kier molecular flexibility index (Phi) is 7.66. The van der Waals surface area contributed by atoms with E-state index in [1.807, 2.05) is 67.6 Å². The predicted molar refractivity (Wildman–Crippen MR) is 165 cm³/mol. The summed E-state index contributed by atoms with van der Waals surface area (Å²) in [5.74, 6) is 0.680. The summed E-state index contributed by atoms with van der Waals surface area (Å²) in [5, 5.41) is 0.569. The number of fused-ring (bicyclic) bond motifs is 1. The van der Waals surface area contributed by atoms with E-state index in [9.17, 15) is 13.2 Å². The molecule has 9 heteroatoms. The number of nitrogens with zero attached hydrogens (tertiary/aromatic N) is 1. The van der Waals surface area contributed by atoms with Crippen LogP contribution in [-0.2, 0) is 23.2 Å². The first-order chi connectivity index (χ1) is 20.3. The van der Waals surface area contributed by atoms with Crippen molar-refractivity contribution >= 4 is 38.3 Å². The molecule has 1 fully saturated rings. The minimum atomic E-state index is -3.53. The molecule has 0 aliphatic carbocycles. The number of anilines is 1. The Balaban J connectivity index is 1.47. The Morgan fingerprint density at radius 2 is 1.55 bits per heavy atom. The zero-order valence-electron chi connectivity index (χ0n) is 22.9. The van der Waals surface area contributed by atoms with Gasteiger partial charge >= 0.3 is 0 Å². The van der Waals surface area contributed by atoms with Gasteiger partial charge in [0.25, 0.3) is 0 Å². The number of halogens is 1. The van der Waals surface area contributed by atoms with E-state index in [1.54, 1.807) is 30.3 Å². The Bertz CT molecular complexity index is 1920. The van der Waals surface area contributed by atoms with Crippen LogP contribution in [0, 0.1) is 6.92 Å². The van der Waals surface area contributed by atoms with E-state index < -0.39 is 15.5 Å². The van der Waals surface area contributed by atoms with Crippen molar-refractivity contribution in [1.82, 2.24) is 0 Å². The summed E-state index contributed by atoms with van der Waals surface area (Å²) in [6.07, 6.45) is 0.493. The van der Waals surface area contributed by atoms with E-state index >= 15 is 0 Å². The number of hydrogen-bond acceptors (Lipinski definition) is 6. The van der Waals surface area contributed by atoms with Gasteiger partial charge in [0.05, 0.1) is 21.8 Å². The summed E-state index contributed by atoms with van der Waals surface area (Å²) in [7, 11) is -3.53. The largest absolute Gasteiger partial charge is 0.487 e. The van der Waals surface area contributed by atoms with E-state index in [0.717, 1.165) is 16.7 Å². The van der Waals surface area contributed by atoms with Crippen LogP contribution in [0.1, 0.15) is 23.1 Å². The predicted octanol–water partition coefficient (Wildman–Crippen LogP) is 7.12. The van der Waals surface area contributed by atoms with Crippen molar-refractivity contribution in [3.8, 4) is 22.8 Å². The first kappa shape index (κ1) is 27.9. The summed E-state index contributed by atoms with van der Waals surface area (Å²) >= 11 is 6.65. The van der Waals surface area contributed by atoms with Gasteiger partial charge < -0.3 is 13.9 Å². The fraction of sp³-hybridized carbons (Fsp3) is 0.182. The van der Waals surface area contributed by atoms with Crippen LogP contribution < -0.4 is 19.2 Å². The monoisotopic (exact) mass is 601 g/mol. The Morgan fingerprint density at radius 1 is 0.881 bits per heavy atom. The van der Waals surface area contributed by atoms with Crippen LogP contribution in [-0.4, -0.2) is 20.7 Å². The summed E-state index contributed by atoms with van der Waals surface area (Å²) < 4.78 is 45.6. The molecule has 214 valence electrons. The van der Waals surface area contributed by atoms with E-state index in [0.29, 0.717) is 41.6 Å². The standard InChI is InChI=1S/C33H28ClNO6S/c1-22-17-26-30(36)33(40-21-24-11-6-3-7-12-24)31(41-32(26)28(18-22)35-15-8-16-42(35,37)38)25-13-14-29(27(34)19-25)39-20-23-9-4-2-5-10-23/h2-7,9-14,17-19H,8,15-16,20-21H2,1H3. The molecule has 0 amide bonds. The van der Waals surface area contributed by atoms with Gasteiger partial charge in [-0.05, 0) is 60.4 Å². The van der Waals surface area contributed by atoms with Crippen molar-refractivity contribution in [2.24, 2.45) is 0 Å². The molecule has 4 aromatic carbocycles. The summed E-state index contributed by atoms with van der Waals surface area (Å²) in [6, 6.07) is 27.8. The SMILES string of the molecule is Cc1cc(N2CCCS2(=O)=O)c2oc(-c3ccc(OCc4ccccc4)c(Cl)c3)c(OCc3ccccc3)c(=O)c2c1. The molecule has 2 heterocycles. The van der Waals surface area contributed by atoms with Gasteiger partial charge in [0.1, 0.15) is 19.0 Å². The highest BCUT2D eigenvalue weighted by atomic mass is 35.5. The fourth-order valence-electron chi connectivity index (χ4n) is 5.04. The maximum atomic E-state index is 14.0. The first-order valence-electron chi connectivity index (χ1n) is 13.6. The van der Waals surface area contributed by atoms with E-state index in [2.05, 4.69) is 0 Å². The second kappa shape index (κ2) is 11.5. The van der Waals surface area contributed by atoms with Gasteiger partial charge in [-0.15, -0.1) is 0 Å². The van der Waals surface area contributed by atoms with Crippen LogP contribution in [0.25, 0.3) is 22.3 Å². The lowest BCUT2D eigenvalue weighted by atomic mass is 10.1. The zero-order chi connectivity index (χ0) is 29.3. The average Bonchev–Trinajstić information content (AvgIpc) is 3.35. The minimum Gasteiger partial charge on any atom is -0.487 e. The third kappa shape index (κ3) is 5.60. The average molecular weight is 602 g/mol. The molecular formula is C33H28ClNO6S. The van der Waals surface area contributed by atoms with Crippen molar-refractivity contribution in [1.29, 1.82) is 0 Å². The summed E-state index contributed by atoms with van der Waals surface area (Å²) in [6.45, 7) is 2.60. The van der Waals surface area contributed by atoms with Crippen molar-refractivity contribution in [3.63, 3.8) is 0 Å². The molecule has 1 aliphatic heterocycles. The third-order valence-electron chi connectivity index (χ3n) is 7.10. The van der Waals surface area contributed by atoms with Crippen LogP contribution >= 0.6 is 11.6 Å². The highest BCUT2D eigenvalue weighted by Gasteiger charge is 2.32. The van der Waals surface area contributed by atoms with Gasteiger partial charge in [0.15, 0.2) is 11.3 Å². The van der Waals surface area contributed by atoms with Gasteiger partial charge in [-0.3, -0.25) is 9.10 Å². The van der Waals surface area contributed by atoms with Crippen LogP contribution in [0.5, 0.6) is 11.5 Å². The molecule has 5 aromatic rings. The molecule has 0 saturated carbocycles. The number of ether oxygens (including phenoxy) is 2. The van der Waals surface area contributed by atoms with Crippen molar-refractivity contribution < 1.29 is 22.3 Å².